The third kappa shape index (κ3) is 0.977. The van der Waals surface area contributed by atoms with Gasteiger partial charge in [-0.2, -0.15) is 0 Å². The molecule has 82 valence electrons. The second kappa shape index (κ2) is 3.17. The summed E-state index contributed by atoms with van der Waals surface area (Å²) in [7, 11) is 1.51. The maximum Gasteiger partial charge on any atom is 0.248 e. The molecule has 2 aliphatic heterocycles. The Morgan fingerprint density at radius 3 is 3.06 bits per heavy atom. The first kappa shape index (κ1) is 9.57. The molecular weight excluding hydrogens is 206 g/mol. The molecule has 2 aliphatic rings. The zero-order valence-corrected chi connectivity index (χ0v) is 8.84. The minimum absolute atomic E-state index is 0.0819. The number of hydrogen-bond donors (Lipinski definition) is 0. The lowest BCUT2D eigenvalue weighted by molar-refractivity contribution is -0.0431. The molecule has 4 nitrogen and oxygen atoms in total. The number of carbonyl (C=O) groups is 1. The normalized spacial score (nSPS) is 26.8. The van der Waals surface area contributed by atoms with E-state index >= 15 is 0 Å². The number of hydrogen-bond acceptors (Lipinski definition) is 4. The van der Waals surface area contributed by atoms with Crippen molar-refractivity contribution in [2.24, 2.45) is 0 Å². The predicted octanol–water partition coefficient (Wildman–Crippen LogP) is 1.53. The van der Waals surface area contributed by atoms with Crippen LogP contribution in [-0.2, 0) is 9.57 Å². The van der Waals surface area contributed by atoms with E-state index in [0.717, 1.165) is 5.69 Å². The monoisotopic (exact) mass is 217 g/mol. The molecule has 0 fully saturated rings. The average Bonchev–Trinajstić information content (AvgIpc) is 2.62. The van der Waals surface area contributed by atoms with E-state index in [-0.39, 0.29) is 5.78 Å². The van der Waals surface area contributed by atoms with E-state index in [1.54, 1.807) is 23.3 Å². The molecule has 0 unspecified atom stereocenters. The molecule has 4 heteroatoms. The standard InChI is InChI=1S/C12H11NO3/c1-15-12-7-4-8-16-13(12)10-6-3-2-5-9(10)11(12)14/h2-7H,8H2,1H3/t12-/m0/s1. The van der Waals surface area contributed by atoms with Crippen molar-refractivity contribution < 1.29 is 14.4 Å². The van der Waals surface area contributed by atoms with Gasteiger partial charge in [0, 0.05) is 12.7 Å². The van der Waals surface area contributed by atoms with E-state index in [1.807, 2.05) is 18.2 Å². The SMILES string of the molecule is CO[C@]12C=CCON1c1ccccc1C2=O. The first-order valence-electron chi connectivity index (χ1n) is 5.09. The van der Waals surface area contributed by atoms with Gasteiger partial charge in [-0.1, -0.05) is 18.2 Å². The van der Waals surface area contributed by atoms with Gasteiger partial charge < -0.3 is 4.74 Å². The zero-order valence-electron chi connectivity index (χ0n) is 8.84. The van der Waals surface area contributed by atoms with Gasteiger partial charge in [-0.05, 0) is 18.2 Å². The van der Waals surface area contributed by atoms with Crippen LogP contribution in [0.25, 0.3) is 0 Å². The number of carbonyl (C=O) groups excluding carboxylic acids is 1. The Labute approximate surface area is 93.0 Å². The number of benzene rings is 1. The van der Waals surface area contributed by atoms with Crippen molar-refractivity contribution in [1.29, 1.82) is 0 Å². The highest BCUT2D eigenvalue weighted by atomic mass is 16.7. The maximum atomic E-state index is 12.3. The Morgan fingerprint density at radius 1 is 1.44 bits per heavy atom. The molecule has 0 saturated heterocycles. The van der Waals surface area contributed by atoms with Crippen LogP contribution in [0.1, 0.15) is 10.4 Å². The Kier molecular flexibility index (Phi) is 1.89. The predicted molar refractivity (Wildman–Crippen MR) is 58.1 cm³/mol. The summed E-state index contributed by atoms with van der Waals surface area (Å²) < 4.78 is 5.36. The summed E-state index contributed by atoms with van der Waals surface area (Å²) in [5, 5.41) is 1.55. The maximum absolute atomic E-state index is 12.3. The largest absolute Gasteiger partial charge is 0.347 e. The second-order valence-corrected chi connectivity index (χ2v) is 3.74. The number of fused-ring (bicyclic) bond motifs is 3. The lowest BCUT2D eigenvalue weighted by Gasteiger charge is -2.35. The summed E-state index contributed by atoms with van der Waals surface area (Å²) in [6, 6.07) is 7.35. The van der Waals surface area contributed by atoms with Gasteiger partial charge in [0.2, 0.25) is 11.5 Å². The van der Waals surface area contributed by atoms with Crippen molar-refractivity contribution in [1.82, 2.24) is 0 Å². The van der Waals surface area contributed by atoms with Gasteiger partial charge in [-0.25, -0.2) is 5.06 Å². The molecule has 16 heavy (non-hydrogen) atoms. The van der Waals surface area contributed by atoms with Crippen LogP contribution in [0, 0.1) is 0 Å². The van der Waals surface area contributed by atoms with Crippen molar-refractivity contribution in [2.45, 2.75) is 5.72 Å². The highest BCUT2D eigenvalue weighted by Crippen LogP contribution is 2.41. The number of para-hydroxylation sites is 1. The van der Waals surface area contributed by atoms with Gasteiger partial charge >= 0.3 is 0 Å². The van der Waals surface area contributed by atoms with E-state index in [9.17, 15) is 4.79 Å². The molecule has 0 aromatic heterocycles. The molecule has 0 spiro atoms. The number of ether oxygens (including phenoxy) is 1. The summed E-state index contributed by atoms with van der Waals surface area (Å²) in [6.07, 6.45) is 3.54. The van der Waals surface area contributed by atoms with E-state index < -0.39 is 5.72 Å². The number of hydroxylamine groups is 1. The number of methoxy groups -OCH3 is 1. The zero-order chi connectivity index (χ0) is 11.2. The molecule has 1 atom stereocenters. The van der Waals surface area contributed by atoms with E-state index in [2.05, 4.69) is 0 Å². The molecule has 0 radical (unpaired) electrons. The first-order valence-corrected chi connectivity index (χ1v) is 5.09. The number of anilines is 1. The molecule has 1 aromatic rings. The van der Waals surface area contributed by atoms with Crippen LogP contribution in [-0.4, -0.2) is 25.2 Å². The number of ketones is 1. The quantitative estimate of drug-likeness (QED) is 0.669. The summed E-state index contributed by atoms with van der Waals surface area (Å²) >= 11 is 0. The molecule has 3 rings (SSSR count). The van der Waals surface area contributed by atoms with E-state index in [4.69, 9.17) is 9.57 Å². The molecular formula is C12H11NO3. The van der Waals surface area contributed by atoms with Crippen LogP contribution >= 0.6 is 0 Å². The van der Waals surface area contributed by atoms with Crippen molar-refractivity contribution >= 4 is 11.5 Å². The number of rotatable bonds is 1. The third-order valence-electron chi connectivity index (χ3n) is 2.95. The molecule has 0 saturated carbocycles. The Balaban J connectivity index is 2.23. The van der Waals surface area contributed by atoms with Gasteiger partial charge in [-0.15, -0.1) is 0 Å². The fourth-order valence-corrected chi connectivity index (χ4v) is 2.18. The average molecular weight is 217 g/mol. The van der Waals surface area contributed by atoms with Crippen LogP contribution in [0.4, 0.5) is 5.69 Å². The summed E-state index contributed by atoms with van der Waals surface area (Å²) in [4.78, 5) is 17.8. The minimum atomic E-state index is -1.11. The van der Waals surface area contributed by atoms with Gasteiger partial charge in [0.1, 0.15) is 0 Å². The topological polar surface area (TPSA) is 38.8 Å². The number of Topliss-reactive ketones (excluding diaryl/α,β-unsaturated/α-hetero) is 1. The van der Waals surface area contributed by atoms with Crippen molar-refractivity contribution in [3.63, 3.8) is 0 Å². The molecule has 0 bridgehead atoms. The summed E-state index contributed by atoms with van der Waals surface area (Å²) in [5.74, 6) is -0.0819. The van der Waals surface area contributed by atoms with Crippen LogP contribution in [0.5, 0.6) is 0 Å². The fourth-order valence-electron chi connectivity index (χ4n) is 2.18. The van der Waals surface area contributed by atoms with Crippen LogP contribution in [0.3, 0.4) is 0 Å². The second-order valence-electron chi connectivity index (χ2n) is 3.74. The van der Waals surface area contributed by atoms with Crippen molar-refractivity contribution in [3.8, 4) is 0 Å². The smallest absolute Gasteiger partial charge is 0.248 e. The Morgan fingerprint density at radius 2 is 2.25 bits per heavy atom. The molecule has 0 N–H and O–H groups in total. The molecule has 0 amide bonds. The lowest BCUT2D eigenvalue weighted by Crippen LogP contribution is -2.52. The summed E-state index contributed by atoms with van der Waals surface area (Å²) in [6.45, 7) is 0.451. The third-order valence-corrected chi connectivity index (χ3v) is 2.95. The van der Waals surface area contributed by atoms with Crippen LogP contribution < -0.4 is 5.06 Å². The number of nitrogens with zero attached hydrogens (tertiary/aromatic N) is 1. The van der Waals surface area contributed by atoms with Gasteiger partial charge in [0.25, 0.3) is 0 Å². The van der Waals surface area contributed by atoms with Gasteiger partial charge in [-0.3, -0.25) is 9.63 Å². The van der Waals surface area contributed by atoms with E-state index in [1.165, 1.54) is 7.11 Å². The molecule has 1 aromatic carbocycles. The highest BCUT2D eigenvalue weighted by Gasteiger charge is 2.52. The van der Waals surface area contributed by atoms with Gasteiger partial charge in [0.15, 0.2) is 0 Å². The van der Waals surface area contributed by atoms with E-state index in [0.29, 0.717) is 12.2 Å². The van der Waals surface area contributed by atoms with Crippen LogP contribution in [0.2, 0.25) is 0 Å². The van der Waals surface area contributed by atoms with Gasteiger partial charge in [0.05, 0.1) is 12.3 Å². The van der Waals surface area contributed by atoms with Crippen molar-refractivity contribution in [2.75, 3.05) is 18.8 Å². The molecule has 2 heterocycles. The Bertz CT molecular complexity index is 483. The highest BCUT2D eigenvalue weighted by molar-refractivity contribution is 6.13. The molecule has 0 aliphatic carbocycles. The van der Waals surface area contributed by atoms with Crippen LogP contribution in [0.15, 0.2) is 36.4 Å². The lowest BCUT2D eigenvalue weighted by atomic mass is 10.0. The Hall–Kier alpha value is -1.65. The minimum Gasteiger partial charge on any atom is -0.347 e. The van der Waals surface area contributed by atoms with Crippen molar-refractivity contribution in [3.05, 3.63) is 42.0 Å². The first-order chi connectivity index (χ1) is 7.79. The fraction of sp³-hybridized carbons (Fsp3) is 0.250. The summed E-state index contributed by atoms with van der Waals surface area (Å²) in [5.41, 5.74) is 0.289.